The van der Waals surface area contributed by atoms with Crippen LogP contribution in [-0.2, 0) is 0 Å². The molecule has 0 amide bonds. The molecule has 0 aromatic heterocycles. The highest BCUT2D eigenvalue weighted by Crippen LogP contribution is 1.90. The van der Waals surface area contributed by atoms with Crippen molar-refractivity contribution >= 4 is 0 Å². The largest absolute Gasteiger partial charge is 0.319 e. The lowest BCUT2D eigenvalue weighted by molar-refractivity contribution is 0.797. The lowest BCUT2D eigenvalue weighted by Crippen LogP contribution is -2.07. The molecule has 8 heavy (non-hydrogen) atoms. The Morgan fingerprint density at radius 2 is 2.50 bits per heavy atom. The molecule has 0 saturated heterocycles. The van der Waals surface area contributed by atoms with Crippen LogP contribution in [0.4, 0.5) is 0 Å². The van der Waals surface area contributed by atoms with Crippen LogP contribution < -0.4 is 5.32 Å². The summed E-state index contributed by atoms with van der Waals surface area (Å²) in [5.41, 5.74) is 0.638. The molecular formula is C6H10N2. The minimum atomic E-state index is 0.638. The van der Waals surface area contributed by atoms with Crippen LogP contribution in [0.3, 0.4) is 0 Å². The minimum Gasteiger partial charge on any atom is -0.319 e. The van der Waals surface area contributed by atoms with Gasteiger partial charge in [0.1, 0.15) is 0 Å². The number of hydrogen-bond donors (Lipinski definition) is 1. The molecule has 0 fully saturated rings. The molecule has 0 radical (unpaired) electrons. The van der Waals surface area contributed by atoms with Gasteiger partial charge in [-0.05, 0) is 20.0 Å². The minimum absolute atomic E-state index is 0.638. The fourth-order valence-electron chi connectivity index (χ4n) is 0.332. The Morgan fingerprint density at radius 3 is 2.88 bits per heavy atom. The summed E-state index contributed by atoms with van der Waals surface area (Å²) >= 11 is 0. The fraction of sp³-hybridized carbons (Fsp3) is 0.500. The maximum Gasteiger partial charge on any atom is 0.0941 e. The van der Waals surface area contributed by atoms with Crippen molar-refractivity contribution < 1.29 is 0 Å². The first-order chi connectivity index (χ1) is 3.81. The van der Waals surface area contributed by atoms with Gasteiger partial charge in [0.05, 0.1) is 6.07 Å². The molecule has 0 aliphatic carbocycles. The molecule has 0 aliphatic rings. The lowest BCUT2D eigenvalue weighted by atomic mass is 10.2. The van der Waals surface area contributed by atoms with E-state index in [1.165, 1.54) is 0 Å². The molecule has 0 heterocycles. The monoisotopic (exact) mass is 110 g/mol. The topological polar surface area (TPSA) is 35.8 Å². The average Bonchev–Trinajstić information content (AvgIpc) is 1.83. The third kappa shape index (κ3) is 3.38. The first kappa shape index (κ1) is 7.19. The van der Waals surface area contributed by atoms with Crippen molar-refractivity contribution in [3.05, 3.63) is 12.2 Å². The predicted molar refractivity (Wildman–Crippen MR) is 33.3 cm³/mol. The van der Waals surface area contributed by atoms with Gasteiger partial charge in [-0.1, -0.05) is 6.58 Å². The molecule has 44 valence electrons. The van der Waals surface area contributed by atoms with E-state index in [0.29, 0.717) is 5.57 Å². The van der Waals surface area contributed by atoms with Crippen LogP contribution in [0.25, 0.3) is 0 Å². The highest BCUT2D eigenvalue weighted by atomic mass is 14.8. The summed E-state index contributed by atoms with van der Waals surface area (Å²) in [5.74, 6) is 0. The molecule has 0 atom stereocenters. The molecule has 0 aromatic carbocycles. The molecule has 0 saturated carbocycles. The molecule has 2 heteroatoms. The van der Waals surface area contributed by atoms with Crippen LogP contribution >= 0.6 is 0 Å². The molecule has 0 unspecified atom stereocenters. The summed E-state index contributed by atoms with van der Waals surface area (Å²) in [5, 5.41) is 11.1. The van der Waals surface area contributed by atoms with Gasteiger partial charge >= 0.3 is 0 Å². The van der Waals surface area contributed by atoms with Gasteiger partial charge in [0.25, 0.3) is 0 Å². The normalized spacial score (nSPS) is 8.00. The van der Waals surface area contributed by atoms with E-state index >= 15 is 0 Å². The fourth-order valence-corrected chi connectivity index (χ4v) is 0.332. The van der Waals surface area contributed by atoms with E-state index in [0.717, 1.165) is 13.0 Å². The molecule has 0 bridgehead atoms. The first-order valence-corrected chi connectivity index (χ1v) is 2.53. The maximum absolute atomic E-state index is 8.18. The van der Waals surface area contributed by atoms with Crippen molar-refractivity contribution in [2.75, 3.05) is 13.6 Å². The second-order valence-corrected chi connectivity index (χ2v) is 1.57. The van der Waals surface area contributed by atoms with Crippen molar-refractivity contribution in [3.8, 4) is 6.07 Å². The summed E-state index contributed by atoms with van der Waals surface area (Å²) in [4.78, 5) is 0. The Kier molecular flexibility index (Phi) is 3.91. The molecule has 0 aliphatic heterocycles. The van der Waals surface area contributed by atoms with Crippen molar-refractivity contribution in [3.63, 3.8) is 0 Å². The van der Waals surface area contributed by atoms with Gasteiger partial charge < -0.3 is 5.32 Å². The van der Waals surface area contributed by atoms with E-state index in [-0.39, 0.29) is 0 Å². The standard InChI is InChI=1S/C6H10N2/c1-6(5-7)3-4-8-2/h8H,1,3-4H2,2H3. The maximum atomic E-state index is 8.18. The SMILES string of the molecule is C=C(C#N)CCNC. The number of hydrogen-bond acceptors (Lipinski definition) is 2. The van der Waals surface area contributed by atoms with Crippen LogP contribution in [0.1, 0.15) is 6.42 Å². The summed E-state index contributed by atoms with van der Waals surface area (Å²) < 4.78 is 0. The van der Waals surface area contributed by atoms with Gasteiger partial charge in [0.2, 0.25) is 0 Å². The van der Waals surface area contributed by atoms with E-state index in [4.69, 9.17) is 5.26 Å². The molecular weight excluding hydrogens is 100 g/mol. The van der Waals surface area contributed by atoms with Gasteiger partial charge in [-0.15, -0.1) is 0 Å². The van der Waals surface area contributed by atoms with Gasteiger partial charge in [0, 0.05) is 5.57 Å². The smallest absolute Gasteiger partial charge is 0.0941 e. The van der Waals surface area contributed by atoms with Crippen LogP contribution in [-0.4, -0.2) is 13.6 Å². The van der Waals surface area contributed by atoms with E-state index < -0.39 is 0 Å². The molecule has 1 N–H and O–H groups in total. The second-order valence-electron chi connectivity index (χ2n) is 1.57. The Labute approximate surface area is 49.8 Å². The summed E-state index contributed by atoms with van der Waals surface area (Å²) in [6.45, 7) is 4.35. The van der Waals surface area contributed by atoms with Gasteiger partial charge in [-0.25, -0.2) is 0 Å². The van der Waals surface area contributed by atoms with Crippen LogP contribution in [0.2, 0.25) is 0 Å². The average molecular weight is 110 g/mol. The van der Waals surface area contributed by atoms with Crippen molar-refractivity contribution in [1.82, 2.24) is 5.32 Å². The lowest BCUT2D eigenvalue weighted by Gasteiger charge is -1.92. The number of nitrogens with one attached hydrogen (secondary N) is 1. The highest BCUT2D eigenvalue weighted by molar-refractivity contribution is 5.15. The summed E-state index contributed by atoms with van der Waals surface area (Å²) in [7, 11) is 1.85. The van der Waals surface area contributed by atoms with Crippen molar-refractivity contribution in [2.45, 2.75) is 6.42 Å². The Hall–Kier alpha value is -0.810. The van der Waals surface area contributed by atoms with E-state index in [1.807, 2.05) is 13.1 Å². The zero-order chi connectivity index (χ0) is 6.41. The van der Waals surface area contributed by atoms with Crippen LogP contribution in [0.15, 0.2) is 12.2 Å². The van der Waals surface area contributed by atoms with Crippen LogP contribution in [0, 0.1) is 11.3 Å². The number of nitrogens with zero attached hydrogens (tertiary/aromatic N) is 1. The van der Waals surface area contributed by atoms with Crippen LogP contribution in [0.5, 0.6) is 0 Å². The molecule has 0 rings (SSSR count). The van der Waals surface area contributed by atoms with Gasteiger partial charge in [-0.3, -0.25) is 0 Å². The third-order valence-corrected chi connectivity index (χ3v) is 0.835. The summed E-state index contributed by atoms with van der Waals surface area (Å²) in [6, 6.07) is 1.97. The molecule has 0 aromatic rings. The van der Waals surface area contributed by atoms with Gasteiger partial charge in [0.15, 0.2) is 0 Å². The Morgan fingerprint density at radius 1 is 1.88 bits per heavy atom. The second kappa shape index (κ2) is 4.35. The number of nitriles is 1. The number of rotatable bonds is 3. The highest BCUT2D eigenvalue weighted by Gasteiger charge is 1.86. The first-order valence-electron chi connectivity index (χ1n) is 2.53. The third-order valence-electron chi connectivity index (χ3n) is 0.835. The quantitative estimate of drug-likeness (QED) is 0.542. The zero-order valence-electron chi connectivity index (χ0n) is 5.07. The van der Waals surface area contributed by atoms with E-state index in [2.05, 4.69) is 11.9 Å². The van der Waals surface area contributed by atoms with Crippen molar-refractivity contribution in [1.29, 1.82) is 5.26 Å². The van der Waals surface area contributed by atoms with Crippen molar-refractivity contribution in [2.24, 2.45) is 0 Å². The molecule has 2 nitrogen and oxygen atoms in total. The molecule has 0 spiro atoms. The Balaban J connectivity index is 3.16. The predicted octanol–water partition coefficient (Wildman–Crippen LogP) is 0.676. The Bertz CT molecular complexity index is 110. The zero-order valence-corrected chi connectivity index (χ0v) is 5.07. The van der Waals surface area contributed by atoms with E-state index in [1.54, 1.807) is 0 Å². The van der Waals surface area contributed by atoms with E-state index in [9.17, 15) is 0 Å². The van der Waals surface area contributed by atoms with Gasteiger partial charge in [-0.2, -0.15) is 5.26 Å². The summed E-state index contributed by atoms with van der Waals surface area (Å²) in [6.07, 6.45) is 0.757.